The molecule has 172 valence electrons. The number of nitrogens with zero attached hydrogens (tertiary/aromatic N) is 1. The summed E-state index contributed by atoms with van der Waals surface area (Å²) < 4.78 is 20.3. The highest BCUT2D eigenvalue weighted by atomic mass is 79.9. The second-order valence-electron chi connectivity index (χ2n) is 7.53. The predicted molar refractivity (Wildman–Crippen MR) is 133 cm³/mol. The van der Waals surface area contributed by atoms with Gasteiger partial charge < -0.3 is 4.74 Å². The van der Waals surface area contributed by atoms with Crippen LogP contribution in [0.15, 0.2) is 75.2 Å². The molecule has 0 aromatic heterocycles. The van der Waals surface area contributed by atoms with Gasteiger partial charge in [0.1, 0.15) is 23.7 Å². The summed E-state index contributed by atoms with van der Waals surface area (Å²) in [6.45, 7) is 2.03. The van der Waals surface area contributed by atoms with E-state index >= 15 is 0 Å². The Hall–Kier alpha value is -3.30. The van der Waals surface area contributed by atoms with Crippen molar-refractivity contribution in [2.24, 2.45) is 0 Å². The van der Waals surface area contributed by atoms with E-state index in [0.717, 1.165) is 10.5 Å². The monoisotopic (exact) mass is 586 g/mol. The maximum absolute atomic E-state index is 13.4. The fourth-order valence-corrected chi connectivity index (χ4v) is 4.79. The summed E-state index contributed by atoms with van der Waals surface area (Å²) in [5.74, 6) is -1.38. The predicted octanol–water partition coefficient (Wildman–Crippen LogP) is 5.90. The van der Waals surface area contributed by atoms with E-state index in [-0.39, 0.29) is 18.0 Å². The van der Waals surface area contributed by atoms with Crippen molar-refractivity contribution in [3.8, 4) is 5.75 Å². The minimum atomic E-state index is -0.806. The highest BCUT2D eigenvalue weighted by Gasteiger charge is 2.36. The Morgan fingerprint density at radius 1 is 1.00 bits per heavy atom. The molecular formula is C25H17Br2FN2O4. The zero-order chi connectivity index (χ0) is 24.4. The van der Waals surface area contributed by atoms with Crippen molar-refractivity contribution in [2.75, 3.05) is 4.90 Å². The Bertz CT molecular complexity index is 1320. The Morgan fingerprint density at radius 3 is 2.32 bits per heavy atom. The summed E-state index contributed by atoms with van der Waals surface area (Å²) >= 11 is 6.88. The summed E-state index contributed by atoms with van der Waals surface area (Å²) in [7, 11) is 0. The fourth-order valence-electron chi connectivity index (χ4n) is 3.34. The van der Waals surface area contributed by atoms with Gasteiger partial charge in [-0.3, -0.25) is 14.9 Å². The van der Waals surface area contributed by atoms with Gasteiger partial charge in [-0.05, 0) is 92.4 Å². The lowest BCUT2D eigenvalue weighted by Gasteiger charge is -2.26. The molecule has 0 spiro atoms. The molecular weight excluding hydrogens is 571 g/mol. The van der Waals surface area contributed by atoms with E-state index in [1.807, 2.05) is 6.92 Å². The number of barbiturate groups is 1. The van der Waals surface area contributed by atoms with Gasteiger partial charge in [0, 0.05) is 0 Å². The SMILES string of the molecule is Cc1ccc(N2C(=O)NC(=O)/C(=C\c3cc(Br)c(OCc4cccc(F)c4)c(Br)c3)C2=O)cc1. The van der Waals surface area contributed by atoms with Gasteiger partial charge >= 0.3 is 6.03 Å². The number of hydrogen-bond acceptors (Lipinski definition) is 4. The third kappa shape index (κ3) is 5.10. The van der Waals surface area contributed by atoms with E-state index in [0.29, 0.717) is 31.5 Å². The van der Waals surface area contributed by atoms with Gasteiger partial charge in [0.15, 0.2) is 0 Å². The Balaban J connectivity index is 1.60. The van der Waals surface area contributed by atoms with E-state index in [1.54, 1.807) is 48.5 Å². The number of hydrogen-bond donors (Lipinski definition) is 1. The van der Waals surface area contributed by atoms with Crippen molar-refractivity contribution in [1.29, 1.82) is 0 Å². The van der Waals surface area contributed by atoms with E-state index < -0.39 is 17.8 Å². The first-order valence-electron chi connectivity index (χ1n) is 10.1. The lowest BCUT2D eigenvalue weighted by Crippen LogP contribution is -2.54. The van der Waals surface area contributed by atoms with Crippen LogP contribution in [-0.4, -0.2) is 17.8 Å². The topological polar surface area (TPSA) is 75.7 Å². The summed E-state index contributed by atoms with van der Waals surface area (Å²) in [4.78, 5) is 38.8. The zero-order valence-corrected chi connectivity index (χ0v) is 20.9. The minimum Gasteiger partial charge on any atom is -0.487 e. The molecule has 1 N–H and O–H groups in total. The van der Waals surface area contributed by atoms with Crippen LogP contribution >= 0.6 is 31.9 Å². The molecule has 4 amide bonds. The maximum atomic E-state index is 13.4. The highest BCUT2D eigenvalue weighted by Crippen LogP contribution is 2.36. The van der Waals surface area contributed by atoms with Gasteiger partial charge in [-0.15, -0.1) is 0 Å². The number of carbonyl (C=O) groups is 3. The van der Waals surface area contributed by atoms with Gasteiger partial charge in [-0.2, -0.15) is 0 Å². The first-order valence-corrected chi connectivity index (χ1v) is 11.7. The normalized spacial score (nSPS) is 15.0. The second kappa shape index (κ2) is 9.90. The average molecular weight is 588 g/mol. The molecule has 0 saturated carbocycles. The standard InChI is InChI=1S/C25H17Br2FN2O4/c1-14-5-7-18(8-6-14)30-24(32)19(23(31)29-25(30)33)10-16-11-20(26)22(21(27)12-16)34-13-15-3-2-4-17(28)9-15/h2-12H,13H2,1H3,(H,29,31,33)/b19-10+. The number of rotatable bonds is 5. The molecule has 0 atom stereocenters. The molecule has 6 nitrogen and oxygen atoms in total. The number of aryl methyl sites for hydroxylation is 1. The molecule has 1 saturated heterocycles. The smallest absolute Gasteiger partial charge is 0.335 e. The number of urea groups is 1. The van der Waals surface area contributed by atoms with Gasteiger partial charge in [0.05, 0.1) is 14.6 Å². The lowest BCUT2D eigenvalue weighted by molar-refractivity contribution is -0.122. The molecule has 1 heterocycles. The quantitative estimate of drug-likeness (QED) is 0.298. The van der Waals surface area contributed by atoms with Crippen molar-refractivity contribution >= 4 is 61.5 Å². The molecule has 3 aromatic rings. The summed E-state index contributed by atoms with van der Waals surface area (Å²) in [5, 5.41) is 2.21. The third-order valence-corrected chi connectivity index (χ3v) is 6.18. The maximum Gasteiger partial charge on any atom is 0.335 e. The molecule has 3 aromatic carbocycles. The molecule has 1 aliphatic heterocycles. The Labute approximate surface area is 211 Å². The summed E-state index contributed by atoms with van der Waals surface area (Å²) in [5.41, 5.74) is 2.32. The molecule has 34 heavy (non-hydrogen) atoms. The molecule has 1 aliphatic rings. The van der Waals surface area contributed by atoms with Gasteiger partial charge in [0.25, 0.3) is 11.8 Å². The van der Waals surface area contributed by atoms with Crippen LogP contribution in [0.4, 0.5) is 14.9 Å². The number of anilines is 1. The van der Waals surface area contributed by atoms with Crippen LogP contribution in [0.1, 0.15) is 16.7 Å². The molecule has 9 heteroatoms. The van der Waals surface area contributed by atoms with Gasteiger partial charge in [0.2, 0.25) is 0 Å². The summed E-state index contributed by atoms with van der Waals surface area (Å²) in [6.07, 6.45) is 1.40. The second-order valence-corrected chi connectivity index (χ2v) is 9.23. The van der Waals surface area contributed by atoms with Crippen LogP contribution in [0, 0.1) is 12.7 Å². The number of imide groups is 2. The average Bonchev–Trinajstić information content (AvgIpc) is 2.77. The first-order chi connectivity index (χ1) is 16.2. The molecule has 1 fully saturated rings. The first kappa shape index (κ1) is 23.8. The van der Waals surface area contributed by atoms with Crippen LogP contribution in [0.5, 0.6) is 5.75 Å². The van der Waals surface area contributed by atoms with Crippen LogP contribution in [-0.2, 0) is 16.2 Å². The number of halogens is 3. The number of nitrogens with one attached hydrogen (secondary N) is 1. The van der Waals surface area contributed by atoms with E-state index in [9.17, 15) is 18.8 Å². The number of carbonyl (C=O) groups excluding carboxylic acids is 3. The molecule has 4 rings (SSSR count). The van der Waals surface area contributed by atoms with Crippen LogP contribution in [0.25, 0.3) is 6.08 Å². The van der Waals surface area contributed by atoms with Crippen molar-refractivity contribution in [2.45, 2.75) is 13.5 Å². The van der Waals surface area contributed by atoms with Crippen molar-refractivity contribution in [3.63, 3.8) is 0 Å². The van der Waals surface area contributed by atoms with Crippen LogP contribution < -0.4 is 15.0 Å². The Kier molecular flexibility index (Phi) is 6.95. The van der Waals surface area contributed by atoms with Crippen molar-refractivity contribution < 1.29 is 23.5 Å². The van der Waals surface area contributed by atoms with E-state index in [2.05, 4.69) is 37.2 Å². The summed E-state index contributed by atoms with van der Waals surface area (Å²) in [6, 6.07) is 15.4. The molecule has 0 bridgehead atoms. The molecule has 0 aliphatic carbocycles. The van der Waals surface area contributed by atoms with Crippen LogP contribution in [0.2, 0.25) is 0 Å². The van der Waals surface area contributed by atoms with Gasteiger partial charge in [-0.1, -0.05) is 29.8 Å². The number of amides is 4. The minimum absolute atomic E-state index is 0.143. The molecule has 0 radical (unpaired) electrons. The fraction of sp³-hybridized carbons (Fsp3) is 0.0800. The number of ether oxygens (including phenoxy) is 1. The third-order valence-electron chi connectivity index (χ3n) is 5.00. The zero-order valence-electron chi connectivity index (χ0n) is 17.8. The largest absolute Gasteiger partial charge is 0.487 e. The van der Waals surface area contributed by atoms with Crippen molar-refractivity contribution in [1.82, 2.24) is 5.32 Å². The highest BCUT2D eigenvalue weighted by molar-refractivity contribution is 9.11. The van der Waals surface area contributed by atoms with E-state index in [4.69, 9.17) is 4.74 Å². The van der Waals surface area contributed by atoms with E-state index in [1.165, 1.54) is 18.2 Å². The van der Waals surface area contributed by atoms with Crippen molar-refractivity contribution in [3.05, 3.63) is 97.7 Å². The molecule has 0 unspecified atom stereocenters. The Morgan fingerprint density at radius 2 is 1.68 bits per heavy atom. The van der Waals surface area contributed by atoms with Crippen LogP contribution in [0.3, 0.4) is 0 Å². The lowest BCUT2D eigenvalue weighted by atomic mass is 10.1. The number of benzene rings is 3. The van der Waals surface area contributed by atoms with Gasteiger partial charge in [-0.25, -0.2) is 14.1 Å².